The summed E-state index contributed by atoms with van der Waals surface area (Å²) in [6.45, 7) is 0.849. The van der Waals surface area contributed by atoms with Crippen molar-refractivity contribution in [2.45, 2.75) is 57.0 Å². The van der Waals surface area contributed by atoms with Crippen LogP contribution >= 0.6 is 0 Å². The third kappa shape index (κ3) is 3.26. The van der Waals surface area contributed by atoms with Crippen LogP contribution in [-0.4, -0.2) is 39.6 Å². The van der Waals surface area contributed by atoms with E-state index in [1.165, 1.54) is 31.2 Å². The van der Waals surface area contributed by atoms with E-state index in [-0.39, 0.29) is 6.04 Å². The zero-order chi connectivity index (χ0) is 14.7. The van der Waals surface area contributed by atoms with Crippen LogP contribution in [0.5, 0.6) is 0 Å². The van der Waals surface area contributed by atoms with Crippen molar-refractivity contribution in [2.75, 3.05) is 6.54 Å². The zero-order valence-corrected chi connectivity index (χ0v) is 12.4. The van der Waals surface area contributed by atoms with Crippen LogP contribution in [0.1, 0.15) is 44.1 Å². The molecular weight excluding hydrogens is 264 g/mol. The van der Waals surface area contributed by atoms with E-state index in [1.54, 1.807) is 0 Å². The zero-order valence-electron chi connectivity index (χ0n) is 12.4. The first kappa shape index (κ1) is 14.5. The molecule has 1 aliphatic carbocycles. The Labute approximate surface area is 126 Å². The number of carboxylic acids is 1. The fourth-order valence-electron chi connectivity index (χ4n) is 4.12. The molecule has 0 amide bonds. The molecule has 2 heterocycles. The fourth-order valence-corrected chi connectivity index (χ4v) is 4.12. The average molecular weight is 288 g/mol. The van der Waals surface area contributed by atoms with Gasteiger partial charge in [0, 0.05) is 25.0 Å². The van der Waals surface area contributed by atoms with Gasteiger partial charge in [0.05, 0.1) is 0 Å². The van der Waals surface area contributed by atoms with Gasteiger partial charge in [0.15, 0.2) is 0 Å². The summed E-state index contributed by atoms with van der Waals surface area (Å²) in [4.78, 5) is 17.9. The summed E-state index contributed by atoms with van der Waals surface area (Å²) >= 11 is 0. The number of carboxylic acid groups (broad SMARTS) is 1. The Hall–Kier alpha value is -1.42. The van der Waals surface area contributed by atoms with E-state index < -0.39 is 5.97 Å². The second-order valence-corrected chi connectivity index (χ2v) is 6.39. The quantitative estimate of drug-likeness (QED) is 0.925. The SMILES string of the molecule is O=C(O)C1CCC2CCCCC2N1CCc1ccncc1. The number of rotatable bonds is 4. The molecule has 3 rings (SSSR count). The normalized spacial score (nSPS) is 29.8. The van der Waals surface area contributed by atoms with Crippen molar-refractivity contribution in [3.8, 4) is 0 Å². The summed E-state index contributed by atoms with van der Waals surface area (Å²) < 4.78 is 0. The average Bonchev–Trinajstić information content (AvgIpc) is 2.53. The van der Waals surface area contributed by atoms with E-state index in [4.69, 9.17) is 0 Å². The minimum atomic E-state index is -0.645. The van der Waals surface area contributed by atoms with Gasteiger partial charge in [0.1, 0.15) is 6.04 Å². The highest BCUT2D eigenvalue weighted by Gasteiger charge is 2.40. The van der Waals surface area contributed by atoms with Crippen molar-refractivity contribution in [2.24, 2.45) is 5.92 Å². The van der Waals surface area contributed by atoms with E-state index in [9.17, 15) is 9.90 Å². The van der Waals surface area contributed by atoms with E-state index in [0.717, 1.165) is 25.8 Å². The van der Waals surface area contributed by atoms with Crippen molar-refractivity contribution < 1.29 is 9.90 Å². The van der Waals surface area contributed by atoms with Gasteiger partial charge in [-0.15, -0.1) is 0 Å². The highest BCUT2D eigenvalue weighted by molar-refractivity contribution is 5.73. The molecule has 1 saturated heterocycles. The van der Waals surface area contributed by atoms with Crippen molar-refractivity contribution in [1.29, 1.82) is 0 Å². The van der Waals surface area contributed by atoms with Crippen LogP contribution < -0.4 is 0 Å². The molecule has 0 spiro atoms. The first-order valence-corrected chi connectivity index (χ1v) is 8.13. The van der Waals surface area contributed by atoms with Crippen molar-refractivity contribution in [3.05, 3.63) is 30.1 Å². The Morgan fingerprint density at radius 1 is 1.19 bits per heavy atom. The van der Waals surface area contributed by atoms with Gasteiger partial charge in [-0.05, 0) is 55.7 Å². The van der Waals surface area contributed by atoms with Crippen LogP contribution in [-0.2, 0) is 11.2 Å². The number of aromatic nitrogens is 1. The molecule has 0 aromatic carbocycles. The Morgan fingerprint density at radius 3 is 2.71 bits per heavy atom. The lowest BCUT2D eigenvalue weighted by Gasteiger charge is -2.47. The molecule has 4 heteroatoms. The summed E-state index contributed by atoms with van der Waals surface area (Å²) in [6.07, 6.45) is 11.5. The maximum Gasteiger partial charge on any atom is 0.320 e. The van der Waals surface area contributed by atoms with Gasteiger partial charge in [-0.2, -0.15) is 0 Å². The molecule has 0 radical (unpaired) electrons. The van der Waals surface area contributed by atoms with Gasteiger partial charge in [0.2, 0.25) is 0 Å². The van der Waals surface area contributed by atoms with Gasteiger partial charge in [0.25, 0.3) is 0 Å². The largest absolute Gasteiger partial charge is 0.480 e. The summed E-state index contributed by atoms with van der Waals surface area (Å²) in [6, 6.07) is 4.25. The van der Waals surface area contributed by atoms with E-state index in [0.29, 0.717) is 12.0 Å². The summed E-state index contributed by atoms with van der Waals surface area (Å²) in [5.41, 5.74) is 1.24. The molecule has 0 bridgehead atoms. The number of hydrogen-bond acceptors (Lipinski definition) is 3. The lowest BCUT2D eigenvalue weighted by atomic mass is 9.76. The number of piperidine rings is 1. The summed E-state index contributed by atoms with van der Waals surface area (Å²) in [5.74, 6) is 0.0699. The molecule has 3 atom stereocenters. The fraction of sp³-hybridized carbons (Fsp3) is 0.647. The van der Waals surface area contributed by atoms with Gasteiger partial charge in [-0.1, -0.05) is 12.8 Å². The van der Waals surface area contributed by atoms with Crippen LogP contribution in [0.4, 0.5) is 0 Å². The van der Waals surface area contributed by atoms with Gasteiger partial charge in [-0.3, -0.25) is 14.7 Å². The number of nitrogens with zero attached hydrogens (tertiary/aromatic N) is 2. The van der Waals surface area contributed by atoms with E-state index >= 15 is 0 Å². The minimum Gasteiger partial charge on any atom is -0.480 e. The van der Waals surface area contributed by atoms with E-state index in [1.807, 2.05) is 24.5 Å². The van der Waals surface area contributed by atoms with Crippen molar-refractivity contribution in [1.82, 2.24) is 9.88 Å². The molecule has 2 fully saturated rings. The smallest absolute Gasteiger partial charge is 0.320 e. The van der Waals surface area contributed by atoms with Crippen LogP contribution in [0.25, 0.3) is 0 Å². The third-order valence-corrected chi connectivity index (χ3v) is 5.20. The van der Waals surface area contributed by atoms with E-state index in [2.05, 4.69) is 9.88 Å². The number of aliphatic carboxylic acids is 1. The molecule has 114 valence electrons. The molecule has 1 aromatic rings. The van der Waals surface area contributed by atoms with Gasteiger partial charge >= 0.3 is 5.97 Å². The van der Waals surface area contributed by atoms with Crippen molar-refractivity contribution in [3.63, 3.8) is 0 Å². The van der Waals surface area contributed by atoms with Crippen molar-refractivity contribution >= 4 is 5.97 Å². The standard InChI is InChI=1S/C17H24N2O2/c20-17(21)16-6-5-14-3-1-2-4-15(14)19(16)12-9-13-7-10-18-11-8-13/h7-8,10-11,14-16H,1-6,9,12H2,(H,20,21). The molecule has 1 saturated carbocycles. The lowest BCUT2D eigenvalue weighted by molar-refractivity contribution is -0.148. The van der Waals surface area contributed by atoms with Crippen LogP contribution in [0.15, 0.2) is 24.5 Å². The predicted molar refractivity (Wildman–Crippen MR) is 81.1 cm³/mol. The number of likely N-dealkylation sites (tertiary alicyclic amines) is 1. The monoisotopic (exact) mass is 288 g/mol. The molecule has 1 aromatic heterocycles. The molecule has 3 unspecified atom stereocenters. The van der Waals surface area contributed by atoms with Crippen LogP contribution in [0, 0.1) is 5.92 Å². The third-order valence-electron chi connectivity index (χ3n) is 5.20. The lowest BCUT2D eigenvalue weighted by Crippen LogP contribution is -2.55. The Kier molecular flexibility index (Phi) is 4.54. The van der Waals surface area contributed by atoms with Gasteiger partial charge < -0.3 is 5.11 Å². The van der Waals surface area contributed by atoms with Crippen LogP contribution in [0.2, 0.25) is 0 Å². The number of fused-ring (bicyclic) bond motifs is 1. The molecule has 21 heavy (non-hydrogen) atoms. The maximum absolute atomic E-state index is 11.6. The summed E-state index contributed by atoms with van der Waals surface area (Å²) in [5, 5.41) is 9.54. The highest BCUT2D eigenvalue weighted by Crippen LogP contribution is 2.37. The first-order chi connectivity index (χ1) is 10.3. The Morgan fingerprint density at radius 2 is 1.95 bits per heavy atom. The second-order valence-electron chi connectivity index (χ2n) is 6.39. The number of hydrogen-bond donors (Lipinski definition) is 1. The maximum atomic E-state index is 11.6. The Bertz CT molecular complexity index is 477. The summed E-state index contributed by atoms with van der Waals surface area (Å²) in [7, 11) is 0. The highest BCUT2D eigenvalue weighted by atomic mass is 16.4. The second kappa shape index (κ2) is 6.56. The molecular formula is C17H24N2O2. The molecule has 4 nitrogen and oxygen atoms in total. The minimum absolute atomic E-state index is 0.286. The molecule has 1 aliphatic heterocycles. The first-order valence-electron chi connectivity index (χ1n) is 8.13. The van der Waals surface area contributed by atoms with Crippen LogP contribution in [0.3, 0.4) is 0 Å². The Balaban J connectivity index is 1.71. The predicted octanol–water partition coefficient (Wildman–Crippen LogP) is 2.73. The topological polar surface area (TPSA) is 53.4 Å². The number of carbonyl (C=O) groups is 1. The molecule has 2 aliphatic rings. The van der Waals surface area contributed by atoms with Gasteiger partial charge in [-0.25, -0.2) is 0 Å². The number of pyridine rings is 1. The molecule has 1 N–H and O–H groups in total.